The van der Waals surface area contributed by atoms with Crippen LogP contribution < -0.4 is 0 Å². The molecule has 2 unspecified atom stereocenters. The normalized spacial score (nSPS) is 15.3. The van der Waals surface area contributed by atoms with Gasteiger partial charge in [-0.2, -0.15) is 0 Å². The number of halogens is 1. The molecule has 0 N–H and O–H groups in total. The van der Waals surface area contributed by atoms with E-state index in [9.17, 15) is 8.42 Å². The van der Waals surface area contributed by atoms with Crippen LogP contribution in [0.5, 0.6) is 0 Å². The minimum atomic E-state index is -3.11. The quantitative estimate of drug-likeness (QED) is 0.810. The van der Waals surface area contributed by atoms with E-state index in [0.29, 0.717) is 6.42 Å². The summed E-state index contributed by atoms with van der Waals surface area (Å²) in [5.74, 6) is 0. The van der Waals surface area contributed by atoms with Crippen molar-refractivity contribution < 1.29 is 8.42 Å². The second kappa shape index (κ2) is 5.51. The van der Waals surface area contributed by atoms with Gasteiger partial charge in [0.1, 0.15) is 0 Å². The van der Waals surface area contributed by atoms with Crippen molar-refractivity contribution in [1.82, 2.24) is 0 Å². The summed E-state index contributed by atoms with van der Waals surface area (Å²) in [6.45, 7) is 1.66. The van der Waals surface area contributed by atoms with Crippen LogP contribution in [-0.2, 0) is 16.3 Å². The molecule has 2 rings (SSSR count). The maximum Gasteiger partial charge on any atom is 0.151 e. The lowest BCUT2D eigenvalue weighted by Crippen LogP contribution is -2.28. The van der Waals surface area contributed by atoms with Crippen LogP contribution in [0, 0.1) is 0 Å². The van der Waals surface area contributed by atoms with E-state index in [1.165, 1.54) is 6.26 Å². The predicted molar refractivity (Wildman–Crippen MR) is 81.6 cm³/mol. The van der Waals surface area contributed by atoms with Crippen LogP contribution in [0.15, 0.2) is 42.5 Å². The van der Waals surface area contributed by atoms with E-state index in [4.69, 9.17) is 11.6 Å². The Balaban J connectivity index is 2.32. The van der Waals surface area contributed by atoms with Crippen molar-refractivity contribution in [2.24, 2.45) is 0 Å². The predicted octanol–water partition coefficient (Wildman–Crippen LogP) is 3.42. The molecule has 0 radical (unpaired) electrons. The Morgan fingerprint density at radius 2 is 1.74 bits per heavy atom. The fraction of sp³-hybridized carbons (Fsp3) is 0.333. The van der Waals surface area contributed by atoms with Gasteiger partial charge in [0.2, 0.25) is 0 Å². The molecule has 0 aromatic heterocycles. The monoisotopic (exact) mass is 296 g/mol. The number of sulfone groups is 1. The van der Waals surface area contributed by atoms with E-state index in [2.05, 4.69) is 0 Å². The largest absolute Gasteiger partial charge is 0.229 e. The van der Waals surface area contributed by atoms with Crippen molar-refractivity contribution in [3.63, 3.8) is 0 Å². The molecular formula is C15H17ClO2S. The molecule has 0 fully saturated rings. The van der Waals surface area contributed by atoms with Crippen LogP contribution in [0.2, 0.25) is 0 Å². The zero-order chi connectivity index (χ0) is 14.0. The van der Waals surface area contributed by atoms with Crippen molar-refractivity contribution in [1.29, 1.82) is 0 Å². The lowest BCUT2D eigenvalue weighted by atomic mass is 10.00. The standard InChI is InChI=1S/C15H17ClO2S/c1-11(19(2,17)18)15(16)10-13-8-5-7-12-6-3-4-9-14(12)13/h3-9,11,15H,10H2,1-2H3. The van der Waals surface area contributed by atoms with Gasteiger partial charge in [0, 0.05) is 6.26 Å². The fourth-order valence-corrected chi connectivity index (χ4v) is 3.47. The van der Waals surface area contributed by atoms with Gasteiger partial charge >= 0.3 is 0 Å². The Bertz CT molecular complexity index is 674. The molecule has 0 bridgehead atoms. The number of hydrogen-bond donors (Lipinski definition) is 0. The summed E-state index contributed by atoms with van der Waals surface area (Å²) >= 11 is 6.27. The summed E-state index contributed by atoms with van der Waals surface area (Å²) in [5.41, 5.74) is 1.09. The molecule has 102 valence electrons. The number of hydrogen-bond acceptors (Lipinski definition) is 2. The van der Waals surface area contributed by atoms with Gasteiger partial charge in [0.25, 0.3) is 0 Å². The highest BCUT2D eigenvalue weighted by atomic mass is 35.5. The molecule has 19 heavy (non-hydrogen) atoms. The second-order valence-corrected chi connectivity index (χ2v) is 7.86. The summed E-state index contributed by atoms with van der Waals surface area (Å²) in [4.78, 5) is 0. The van der Waals surface area contributed by atoms with Crippen LogP contribution in [0.25, 0.3) is 10.8 Å². The van der Waals surface area contributed by atoms with E-state index >= 15 is 0 Å². The molecule has 0 aliphatic carbocycles. The topological polar surface area (TPSA) is 34.1 Å². The first kappa shape index (κ1) is 14.4. The molecular weight excluding hydrogens is 280 g/mol. The van der Waals surface area contributed by atoms with Crippen LogP contribution in [0.1, 0.15) is 12.5 Å². The first-order chi connectivity index (χ1) is 8.89. The smallest absolute Gasteiger partial charge is 0.151 e. The van der Waals surface area contributed by atoms with Crippen LogP contribution >= 0.6 is 11.6 Å². The highest BCUT2D eigenvalue weighted by Gasteiger charge is 2.24. The van der Waals surface area contributed by atoms with Crippen LogP contribution in [0.4, 0.5) is 0 Å². The molecule has 4 heteroatoms. The Morgan fingerprint density at radius 1 is 1.11 bits per heavy atom. The lowest BCUT2D eigenvalue weighted by Gasteiger charge is -2.17. The molecule has 2 aromatic rings. The SMILES string of the molecule is CC(C(Cl)Cc1cccc2ccccc12)S(C)(=O)=O. The first-order valence-corrected chi connectivity index (χ1v) is 8.58. The number of benzene rings is 2. The Kier molecular flexibility index (Phi) is 4.16. The number of rotatable bonds is 4. The van der Waals surface area contributed by atoms with E-state index in [-0.39, 0.29) is 0 Å². The first-order valence-electron chi connectivity index (χ1n) is 6.19. The van der Waals surface area contributed by atoms with Gasteiger partial charge in [-0.1, -0.05) is 42.5 Å². The fourth-order valence-electron chi connectivity index (χ4n) is 2.11. The molecule has 0 aliphatic heterocycles. The van der Waals surface area contributed by atoms with E-state index in [1.807, 2.05) is 42.5 Å². The average Bonchev–Trinajstić information content (AvgIpc) is 2.37. The average molecular weight is 297 g/mol. The Labute approximate surface area is 119 Å². The Morgan fingerprint density at radius 3 is 2.42 bits per heavy atom. The molecule has 2 aromatic carbocycles. The summed E-state index contributed by atoms with van der Waals surface area (Å²) in [5, 5.41) is 1.32. The van der Waals surface area contributed by atoms with Gasteiger partial charge in [-0.05, 0) is 29.7 Å². The maximum atomic E-state index is 11.5. The van der Waals surface area contributed by atoms with E-state index in [1.54, 1.807) is 6.92 Å². The van der Waals surface area contributed by atoms with Crippen molar-refractivity contribution in [3.05, 3.63) is 48.0 Å². The van der Waals surface area contributed by atoms with Gasteiger partial charge in [0.05, 0.1) is 10.6 Å². The molecule has 0 amide bonds. The van der Waals surface area contributed by atoms with Crippen LogP contribution in [0.3, 0.4) is 0 Å². The van der Waals surface area contributed by atoms with E-state index < -0.39 is 20.5 Å². The summed E-state index contributed by atoms with van der Waals surface area (Å²) < 4.78 is 23.1. The molecule has 0 saturated heterocycles. The third-order valence-electron chi connectivity index (χ3n) is 3.48. The zero-order valence-electron chi connectivity index (χ0n) is 11.0. The third kappa shape index (κ3) is 3.28. The highest BCUT2D eigenvalue weighted by molar-refractivity contribution is 7.91. The maximum absolute atomic E-state index is 11.5. The minimum Gasteiger partial charge on any atom is -0.229 e. The van der Waals surface area contributed by atoms with Crippen molar-refractivity contribution >= 4 is 32.2 Å². The minimum absolute atomic E-state index is 0.416. The number of alkyl halides is 1. The van der Waals surface area contributed by atoms with Crippen molar-refractivity contribution in [2.45, 2.75) is 24.0 Å². The molecule has 2 atom stereocenters. The van der Waals surface area contributed by atoms with Gasteiger partial charge in [-0.3, -0.25) is 0 Å². The number of fused-ring (bicyclic) bond motifs is 1. The zero-order valence-corrected chi connectivity index (χ0v) is 12.6. The van der Waals surface area contributed by atoms with Gasteiger partial charge in [0.15, 0.2) is 9.84 Å². The summed E-state index contributed by atoms with van der Waals surface area (Å²) in [7, 11) is -3.11. The molecule has 0 heterocycles. The second-order valence-electron chi connectivity index (χ2n) is 4.89. The molecule has 2 nitrogen and oxygen atoms in total. The third-order valence-corrected chi connectivity index (χ3v) is 5.84. The van der Waals surface area contributed by atoms with Crippen molar-refractivity contribution in [2.75, 3.05) is 6.26 Å². The van der Waals surface area contributed by atoms with E-state index in [0.717, 1.165) is 16.3 Å². The highest BCUT2D eigenvalue weighted by Crippen LogP contribution is 2.23. The summed E-state index contributed by atoms with van der Waals surface area (Å²) in [6.07, 6.45) is 1.79. The lowest BCUT2D eigenvalue weighted by molar-refractivity contribution is 0.584. The molecule has 0 spiro atoms. The molecule has 0 saturated carbocycles. The summed E-state index contributed by atoms with van der Waals surface area (Å²) in [6, 6.07) is 14.1. The Hall–Kier alpha value is -1.06. The molecule has 0 aliphatic rings. The van der Waals surface area contributed by atoms with Crippen molar-refractivity contribution in [3.8, 4) is 0 Å². The van der Waals surface area contributed by atoms with Gasteiger partial charge < -0.3 is 0 Å². The van der Waals surface area contributed by atoms with Gasteiger partial charge in [-0.25, -0.2) is 8.42 Å². The van der Waals surface area contributed by atoms with Gasteiger partial charge in [-0.15, -0.1) is 11.6 Å². The van der Waals surface area contributed by atoms with Crippen LogP contribution in [-0.4, -0.2) is 25.3 Å².